The van der Waals surface area contributed by atoms with E-state index in [1.54, 1.807) is 0 Å². The van der Waals surface area contributed by atoms with Crippen molar-refractivity contribution in [2.24, 2.45) is 0 Å². The average Bonchev–Trinajstić information content (AvgIpc) is 2.15. The zero-order chi connectivity index (χ0) is 7.98. The van der Waals surface area contributed by atoms with E-state index in [-0.39, 0.29) is 0 Å². The van der Waals surface area contributed by atoms with Gasteiger partial charge in [0.15, 0.2) is 0 Å². The summed E-state index contributed by atoms with van der Waals surface area (Å²) in [5.74, 6) is 0. The van der Waals surface area contributed by atoms with Gasteiger partial charge in [0, 0.05) is 0 Å². The van der Waals surface area contributed by atoms with Gasteiger partial charge in [-0.05, 0) is 0 Å². The van der Waals surface area contributed by atoms with E-state index < -0.39 is 11.6 Å². The standard InChI is InChI=1S/C6H7.3BrH.Ti/c1-6-4-2-3-5-6;;;;/h2-5H,1H3;3*1H;/q-1;;;;+3/p-3. The number of hydrogen-bond donors (Lipinski definition) is 0. The summed E-state index contributed by atoms with van der Waals surface area (Å²) < 4.78 is 0. The molecule has 1 aromatic rings. The molecule has 0 radical (unpaired) electrons. The van der Waals surface area contributed by atoms with Crippen molar-refractivity contribution in [1.82, 2.24) is 0 Å². The van der Waals surface area contributed by atoms with Gasteiger partial charge in [-0.3, -0.25) is 0 Å². The maximum atomic E-state index is 3.27. The first kappa shape index (κ1) is 11.5. The molecule has 0 aliphatic heterocycles. The summed E-state index contributed by atoms with van der Waals surface area (Å²) in [6.45, 7) is 2.08. The van der Waals surface area contributed by atoms with E-state index in [4.69, 9.17) is 0 Å². The predicted molar refractivity (Wildman–Crippen MR) is 53.6 cm³/mol. The van der Waals surface area contributed by atoms with Crippen molar-refractivity contribution in [2.75, 3.05) is 0 Å². The Morgan fingerprint density at radius 2 is 1.40 bits per heavy atom. The van der Waals surface area contributed by atoms with E-state index in [1.165, 1.54) is 5.56 Å². The molecule has 0 nitrogen and oxygen atoms in total. The van der Waals surface area contributed by atoms with Crippen LogP contribution in [0.1, 0.15) is 5.56 Å². The molecule has 0 heterocycles. The number of aryl methyl sites for hydroxylation is 1. The quantitative estimate of drug-likeness (QED) is 0.476. The van der Waals surface area contributed by atoms with Crippen molar-refractivity contribution in [3.05, 3.63) is 29.8 Å². The zero-order valence-corrected chi connectivity index (χ0v) is 11.8. The van der Waals surface area contributed by atoms with Crippen LogP contribution in [0.25, 0.3) is 0 Å². The molecule has 10 heavy (non-hydrogen) atoms. The van der Waals surface area contributed by atoms with Gasteiger partial charge in [0.05, 0.1) is 0 Å². The van der Waals surface area contributed by atoms with Crippen LogP contribution in [0.2, 0.25) is 0 Å². The first-order valence-electron chi connectivity index (χ1n) is 2.64. The Morgan fingerprint density at radius 3 is 1.50 bits per heavy atom. The van der Waals surface area contributed by atoms with Gasteiger partial charge in [0.1, 0.15) is 0 Å². The van der Waals surface area contributed by atoms with Crippen LogP contribution >= 0.6 is 39.5 Å². The van der Waals surface area contributed by atoms with Gasteiger partial charge in [-0.25, -0.2) is 12.1 Å². The van der Waals surface area contributed by atoms with Crippen molar-refractivity contribution in [3.8, 4) is 0 Å². The summed E-state index contributed by atoms with van der Waals surface area (Å²) in [6, 6.07) is 8.24. The molecule has 0 fully saturated rings. The molecule has 57 valence electrons. The fourth-order valence-corrected chi connectivity index (χ4v) is 0.470. The molecule has 0 N–H and O–H groups in total. The summed E-state index contributed by atoms with van der Waals surface area (Å²) in [7, 11) is 0. The molecular formula is C6H7Br3Ti-. The van der Waals surface area contributed by atoms with E-state index in [0.717, 1.165) is 0 Å². The van der Waals surface area contributed by atoms with Gasteiger partial charge in [0.25, 0.3) is 0 Å². The van der Waals surface area contributed by atoms with E-state index in [0.29, 0.717) is 0 Å². The molecule has 0 unspecified atom stereocenters. The summed E-state index contributed by atoms with van der Waals surface area (Å²) in [6.07, 6.45) is 0. The van der Waals surface area contributed by atoms with Crippen LogP contribution in [0, 0.1) is 6.92 Å². The van der Waals surface area contributed by atoms with Crippen molar-refractivity contribution in [1.29, 1.82) is 0 Å². The van der Waals surface area contributed by atoms with Crippen LogP contribution in [0.5, 0.6) is 0 Å². The topological polar surface area (TPSA) is 0 Å². The first-order chi connectivity index (χ1) is 4.63. The Hall–Kier alpha value is 1.50. The molecule has 0 atom stereocenters. The van der Waals surface area contributed by atoms with E-state index in [9.17, 15) is 0 Å². The maximum absolute atomic E-state index is 3.27. The molecule has 1 rings (SSSR count). The Morgan fingerprint density at radius 1 is 1.10 bits per heavy atom. The first-order valence-corrected chi connectivity index (χ1v) is 14.2. The Labute approximate surface area is 86.7 Å². The molecule has 0 aliphatic rings. The normalized spacial score (nSPS) is 8.00. The summed E-state index contributed by atoms with van der Waals surface area (Å²) >= 11 is 8.92. The number of rotatable bonds is 0. The van der Waals surface area contributed by atoms with Gasteiger partial charge in [0.2, 0.25) is 0 Å². The molecule has 4 heteroatoms. The monoisotopic (exact) mass is 364 g/mol. The van der Waals surface area contributed by atoms with Gasteiger partial charge in [-0.2, -0.15) is 17.7 Å². The van der Waals surface area contributed by atoms with Gasteiger partial charge >= 0.3 is 51.1 Å². The van der Waals surface area contributed by atoms with Crippen molar-refractivity contribution in [3.63, 3.8) is 0 Å². The van der Waals surface area contributed by atoms with Gasteiger partial charge < -0.3 is 0 Å². The zero-order valence-electron chi connectivity index (χ0n) is 5.44. The van der Waals surface area contributed by atoms with Crippen molar-refractivity contribution < 1.29 is 11.6 Å². The van der Waals surface area contributed by atoms with E-state index in [2.05, 4.69) is 58.5 Å². The summed E-state index contributed by atoms with van der Waals surface area (Å²) in [4.78, 5) is 0. The van der Waals surface area contributed by atoms with E-state index in [1.807, 2.05) is 12.1 Å². The summed E-state index contributed by atoms with van der Waals surface area (Å²) in [5.41, 5.74) is 1.34. The molecule has 0 saturated heterocycles. The molecule has 1 aromatic carbocycles. The average molecular weight is 367 g/mol. The van der Waals surface area contributed by atoms with Crippen LogP contribution in [-0.2, 0) is 11.6 Å². The minimum atomic E-state index is -0.896. The van der Waals surface area contributed by atoms with Crippen LogP contribution in [0.15, 0.2) is 24.3 Å². The van der Waals surface area contributed by atoms with E-state index >= 15 is 0 Å². The van der Waals surface area contributed by atoms with Crippen molar-refractivity contribution in [2.45, 2.75) is 6.92 Å². The Kier molecular flexibility index (Phi) is 8.25. The molecule has 0 bridgehead atoms. The molecule has 0 aliphatic carbocycles. The minimum absolute atomic E-state index is 0.896. The predicted octanol–water partition coefficient (Wildman–Crippen LogP) is 4.25. The second-order valence-electron chi connectivity index (χ2n) is 1.68. The molecule has 0 amide bonds. The molecule has 0 aromatic heterocycles. The van der Waals surface area contributed by atoms with Crippen LogP contribution in [-0.4, -0.2) is 0 Å². The van der Waals surface area contributed by atoms with Gasteiger partial charge in [-0.15, -0.1) is 0 Å². The fraction of sp³-hybridized carbons (Fsp3) is 0.167. The molecule has 0 saturated carbocycles. The van der Waals surface area contributed by atoms with Crippen LogP contribution in [0.4, 0.5) is 0 Å². The molecule has 0 spiro atoms. The Bertz CT molecular complexity index is 145. The third-order valence-corrected chi connectivity index (χ3v) is 0.829. The second kappa shape index (κ2) is 7.17. The number of halogens is 3. The third-order valence-electron chi connectivity index (χ3n) is 0.829. The fourth-order valence-electron chi connectivity index (χ4n) is 0.470. The second-order valence-corrected chi connectivity index (χ2v) is 25.3. The SMILES string of the molecule is C[c-]1cccc1.[Br][Ti]([Br])[Br]. The summed E-state index contributed by atoms with van der Waals surface area (Å²) in [5, 5.41) is 0. The van der Waals surface area contributed by atoms with Crippen LogP contribution < -0.4 is 0 Å². The number of hydrogen-bond acceptors (Lipinski definition) is 0. The van der Waals surface area contributed by atoms with Crippen molar-refractivity contribution >= 4 is 39.5 Å². The molecular weight excluding hydrogens is 360 g/mol. The third kappa shape index (κ3) is 9.50. The Balaban J connectivity index is 0.000000180. The van der Waals surface area contributed by atoms with Gasteiger partial charge in [-0.1, -0.05) is 6.92 Å². The van der Waals surface area contributed by atoms with Crippen LogP contribution in [0.3, 0.4) is 0 Å².